The number of hydrogen-bond donors (Lipinski definition) is 4. The lowest BCUT2D eigenvalue weighted by molar-refractivity contribution is -0.139. The molecule has 0 saturated carbocycles. The summed E-state index contributed by atoms with van der Waals surface area (Å²) in [6.45, 7) is 7.89. The maximum atomic E-state index is 13.1. The van der Waals surface area contributed by atoms with Crippen molar-refractivity contribution in [2.75, 3.05) is 37.6 Å². The maximum Gasteiger partial charge on any atom is 0.328 e. The van der Waals surface area contributed by atoms with Gasteiger partial charge in [-0.25, -0.2) is 9.78 Å². The molecular weight excluding hydrogens is 490 g/mol. The van der Waals surface area contributed by atoms with Gasteiger partial charge < -0.3 is 26.0 Å². The van der Waals surface area contributed by atoms with Crippen LogP contribution in [0.4, 0.5) is 5.13 Å². The lowest BCUT2D eigenvalue weighted by Crippen LogP contribution is -2.48. The van der Waals surface area contributed by atoms with E-state index in [1.54, 1.807) is 30.3 Å². The number of amides is 2. The van der Waals surface area contributed by atoms with E-state index in [-0.39, 0.29) is 18.4 Å². The van der Waals surface area contributed by atoms with Gasteiger partial charge in [-0.15, -0.1) is 0 Å². The summed E-state index contributed by atoms with van der Waals surface area (Å²) in [7, 11) is 0. The number of nitrogens with one attached hydrogen (secondary N) is 3. The fraction of sp³-hybridized carbons (Fsp3) is 0.556. The molecule has 0 radical (unpaired) electrons. The molecule has 4 N–H and O–H groups in total. The topological polar surface area (TPSA) is 124 Å². The lowest BCUT2D eigenvalue weighted by atomic mass is 9.79. The van der Waals surface area contributed by atoms with Crippen LogP contribution in [-0.2, 0) is 4.79 Å². The van der Waals surface area contributed by atoms with Crippen molar-refractivity contribution >= 4 is 34.3 Å². The van der Waals surface area contributed by atoms with Crippen molar-refractivity contribution in [1.82, 2.24) is 20.9 Å². The Morgan fingerprint density at radius 1 is 1.05 bits per heavy atom. The van der Waals surface area contributed by atoms with Gasteiger partial charge in [0.1, 0.15) is 10.9 Å². The number of carbonyl (C=O) groups excluding carboxylic acids is 2. The summed E-state index contributed by atoms with van der Waals surface area (Å²) in [5.41, 5.74) is 1.08. The Balaban J connectivity index is 1.38. The minimum Gasteiger partial charge on any atom is -0.480 e. The zero-order chi connectivity index (χ0) is 26.4. The first-order valence-corrected chi connectivity index (χ1v) is 14.0. The van der Waals surface area contributed by atoms with E-state index < -0.39 is 17.9 Å². The number of aromatic nitrogens is 1. The Labute approximate surface area is 222 Å². The van der Waals surface area contributed by atoms with Gasteiger partial charge in [0.25, 0.3) is 11.8 Å². The Morgan fingerprint density at radius 2 is 1.70 bits per heavy atom. The van der Waals surface area contributed by atoms with Gasteiger partial charge >= 0.3 is 5.97 Å². The second kappa shape index (κ2) is 12.5. The summed E-state index contributed by atoms with van der Waals surface area (Å²) in [5, 5.41) is 19.1. The number of carboxylic acid groups (broad SMARTS) is 1. The molecule has 2 aromatic rings. The number of nitrogens with zero attached hydrogens (tertiary/aromatic N) is 2. The summed E-state index contributed by atoms with van der Waals surface area (Å²) in [4.78, 5) is 44.9. The first kappa shape index (κ1) is 27.1. The van der Waals surface area contributed by atoms with E-state index in [2.05, 4.69) is 20.9 Å². The number of rotatable bonds is 9. The third-order valence-electron chi connectivity index (χ3n) is 7.36. The monoisotopic (exact) mass is 527 g/mol. The van der Waals surface area contributed by atoms with Crippen LogP contribution in [-0.4, -0.2) is 66.6 Å². The molecule has 9 nitrogen and oxygen atoms in total. The minimum atomic E-state index is -1.25. The largest absolute Gasteiger partial charge is 0.480 e. The molecule has 0 aliphatic carbocycles. The van der Waals surface area contributed by atoms with Gasteiger partial charge in [-0.3, -0.25) is 9.59 Å². The number of aliphatic carboxylic acids is 1. The smallest absolute Gasteiger partial charge is 0.328 e. The molecular formula is C27H37N5O4S. The summed E-state index contributed by atoms with van der Waals surface area (Å²) in [5.74, 6) is -0.474. The van der Waals surface area contributed by atoms with Crippen LogP contribution in [0.3, 0.4) is 0 Å². The van der Waals surface area contributed by atoms with Gasteiger partial charge in [0.15, 0.2) is 5.13 Å². The van der Waals surface area contributed by atoms with Crippen molar-refractivity contribution in [2.45, 2.75) is 51.5 Å². The van der Waals surface area contributed by atoms with Crippen molar-refractivity contribution in [3.63, 3.8) is 0 Å². The summed E-state index contributed by atoms with van der Waals surface area (Å²) >= 11 is 1.37. The number of carbonyl (C=O) groups is 3. The van der Waals surface area contributed by atoms with Crippen LogP contribution < -0.4 is 20.9 Å². The fourth-order valence-corrected chi connectivity index (χ4v) is 6.38. The number of benzene rings is 1. The molecule has 2 aliphatic heterocycles. The molecule has 10 heteroatoms. The highest BCUT2D eigenvalue weighted by Gasteiger charge is 2.30. The SMILES string of the molecule is CC(C)c1nc(N2CCC(C3CCNCC3)CC2)sc1C(=O)NC[C@H](NC(=O)c1ccccc1)C(=O)O. The van der Waals surface area contributed by atoms with Crippen molar-refractivity contribution < 1.29 is 19.5 Å². The average molecular weight is 528 g/mol. The van der Waals surface area contributed by atoms with E-state index in [4.69, 9.17) is 4.98 Å². The summed E-state index contributed by atoms with van der Waals surface area (Å²) < 4.78 is 0. The van der Waals surface area contributed by atoms with E-state index in [1.807, 2.05) is 13.8 Å². The van der Waals surface area contributed by atoms with E-state index in [0.29, 0.717) is 10.4 Å². The Hall–Kier alpha value is -2.98. The van der Waals surface area contributed by atoms with Crippen molar-refractivity contribution in [1.29, 1.82) is 0 Å². The first-order chi connectivity index (χ1) is 17.8. The zero-order valence-electron chi connectivity index (χ0n) is 21.5. The van der Waals surface area contributed by atoms with Crippen molar-refractivity contribution in [3.8, 4) is 0 Å². The number of anilines is 1. The van der Waals surface area contributed by atoms with Gasteiger partial charge in [-0.1, -0.05) is 43.4 Å². The lowest BCUT2D eigenvalue weighted by Gasteiger charge is -2.37. The normalized spacial score (nSPS) is 18.0. The molecule has 0 bridgehead atoms. The highest BCUT2D eigenvalue weighted by molar-refractivity contribution is 7.17. The molecule has 1 aromatic carbocycles. The molecule has 2 amide bonds. The molecule has 0 unspecified atom stereocenters. The van der Waals surface area contributed by atoms with Crippen LogP contribution >= 0.6 is 11.3 Å². The van der Waals surface area contributed by atoms with Gasteiger partial charge in [-0.05, 0) is 68.7 Å². The van der Waals surface area contributed by atoms with E-state index in [0.717, 1.165) is 61.7 Å². The number of carboxylic acids is 1. The van der Waals surface area contributed by atoms with Crippen LogP contribution in [0.5, 0.6) is 0 Å². The second-order valence-electron chi connectivity index (χ2n) is 10.2. The summed E-state index contributed by atoms with van der Waals surface area (Å²) in [6, 6.07) is 7.15. The highest BCUT2D eigenvalue weighted by atomic mass is 32.1. The van der Waals surface area contributed by atoms with Gasteiger partial charge in [0.05, 0.1) is 5.69 Å². The predicted octanol–water partition coefficient (Wildman–Crippen LogP) is 3.10. The first-order valence-electron chi connectivity index (χ1n) is 13.2. The average Bonchev–Trinajstić information content (AvgIpc) is 3.38. The molecule has 1 atom stereocenters. The quantitative estimate of drug-likeness (QED) is 0.395. The highest BCUT2D eigenvalue weighted by Crippen LogP contribution is 2.36. The molecule has 0 spiro atoms. The Bertz CT molecular complexity index is 1080. The van der Waals surface area contributed by atoms with Crippen LogP contribution in [0.2, 0.25) is 0 Å². The predicted molar refractivity (Wildman–Crippen MR) is 144 cm³/mol. The number of piperidine rings is 2. The summed E-state index contributed by atoms with van der Waals surface area (Å²) in [6.07, 6.45) is 4.80. The molecule has 2 aliphatic rings. The molecule has 3 heterocycles. The fourth-order valence-electron chi connectivity index (χ4n) is 5.19. The van der Waals surface area contributed by atoms with E-state index >= 15 is 0 Å². The third kappa shape index (κ3) is 6.87. The maximum absolute atomic E-state index is 13.1. The van der Waals surface area contributed by atoms with Gasteiger partial charge in [0, 0.05) is 25.2 Å². The van der Waals surface area contributed by atoms with E-state index in [9.17, 15) is 19.5 Å². The minimum absolute atomic E-state index is 0.0473. The molecule has 4 rings (SSSR count). The van der Waals surface area contributed by atoms with Crippen LogP contribution in [0.15, 0.2) is 30.3 Å². The van der Waals surface area contributed by atoms with Gasteiger partial charge in [0.2, 0.25) is 0 Å². The van der Waals surface area contributed by atoms with Gasteiger partial charge in [-0.2, -0.15) is 0 Å². The third-order valence-corrected chi connectivity index (χ3v) is 8.49. The molecule has 1 aromatic heterocycles. The number of thiazole rings is 1. The molecule has 37 heavy (non-hydrogen) atoms. The van der Waals surface area contributed by atoms with Crippen LogP contribution in [0.1, 0.15) is 71.2 Å². The molecule has 200 valence electrons. The van der Waals surface area contributed by atoms with Crippen molar-refractivity contribution in [2.24, 2.45) is 11.8 Å². The number of hydrogen-bond acceptors (Lipinski definition) is 7. The second-order valence-corrected chi connectivity index (χ2v) is 11.2. The standard InChI is InChI=1S/C27H37N5O4S/c1-17(2)22-23(25(34)29-16-21(26(35)36)30-24(33)20-6-4-3-5-7-20)37-27(31-22)32-14-10-19(11-15-32)18-8-12-28-13-9-18/h3-7,17-19,21,28H,8-16H2,1-2H3,(H,29,34)(H,30,33)(H,35,36)/t21-/m0/s1. The Morgan fingerprint density at radius 3 is 2.32 bits per heavy atom. The van der Waals surface area contributed by atoms with Crippen molar-refractivity contribution in [3.05, 3.63) is 46.5 Å². The van der Waals surface area contributed by atoms with E-state index in [1.165, 1.54) is 24.2 Å². The molecule has 2 saturated heterocycles. The molecule has 2 fully saturated rings. The van der Waals surface area contributed by atoms with Crippen LogP contribution in [0, 0.1) is 11.8 Å². The zero-order valence-corrected chi connectivity index (χ0v) is 22.4. The Kier molecular flexibility index (Phi) is 9.15. The van der Waals surface area contributed by atoms with Crippen LogP contribution in [0.25, 0.3) is 0 Å².